The molecule has 2 aliphatic rings. The van der Waals surface area contributed by atoms with Crippen molar-refractivity contribution in [3.8, 4) is 0 Å². The van der Waals surface area contributed by atoms with E-state index in [0.29, 0.717) is 25.0 Å². The third-order valence-corrected chi connectivity index (χ3v) is 5.21. The van der Waals surface area contributed by atoms with Gasteiger partial charge in [-0.25, -0.2) is 0 Å². The van der Waals surface area contributed by atoms with Crippen LogP contribution < -0.4 is 0 Å². The predicted octanol–water partition coefficient (Wildman–Crippen LogP) is 5.04. The maximum absolute atomic E-state index is 5.91. The van der Waals surface area contributed by atoms with E-state index in [-0.39, 0.29) is 12.6 Å². The molecule has 0 amide bonds. The molecule has 0 spiro atoms. The monoisotopic (exact) mass is 391 g/mol. The van der Waals surface area contributed by atoms with Gasteiger partial charge in [0.25, 0.3) is 0 Å². The van der Waals surface area contributed by atoms with Crippen molar-refractivity contribution >= 4 is 23.1 Å². The van der Waals surface area contributed by atoms with Gasteiger partial charge in [0.2, 0.25) is 0 Å². The number of rotatable bonds is 8. The van der Waals surface area contributed by atoms with Crippen molar-refractivity contribution in [3.63, 3.8) is 0 Å². The number of thiocarbonyl (C=S) groups is 1. The average Bonchev–Trinajstić information content (AvgIpc) is 2.73. The summed E-state index contributed by atoms with van der Waals surface area (Å²) in [5.41, 5.74) is 1.78. The van der Waals surface area contributed by atoms with Crippen LogP contribution in [0.2, 0.25) is 0 Å². The van der Waals surface area contributed by atoms with Crippen LogP contribution in [0.5, 0.6) is 0 Å². The van der Waals surface area contributed by atoms with Gasteiger partial charge in [-0.2, -0.15) is 4.99 Å². The number of hydrogen-bond donors (Lipinski definition) is 0. The van der Waals surface area contributed by atoms with Crippen LogP contribution in [0.1, 0.15) is 50.9 Å². The van der Waals surface area contributed by atoms with Gasteiger partial charge in [0.15, 0.2) is 12.6 Å². The molecule has 3 rings (SSSR count). The lowest BCUT2D eigenvalue weighted by molar-refractivity contribution is -0.220. The van der Waals surface area contributed by atoms with Gasteiger partial charge in [-0.15, -0.1) is 0 Å². The molecule has 0 unspecified atom stereocenters. The molecule has 0 aromatic heterocycles. The summed E-state index contributed by atoms with van der Waals surface area (Å²) in [7, 11) is 0. The maximum Gasteiger partial charge on any atom is 0.183 e. The lowest BCUT2D eigenvalue weighted by Crippen LogP contribution is -2.33. The van der Waals surface area contributed by atoms with E-state index in [9.17, 15) is 0 Å². The number of isothiocyanates is 1. The summed E-state index contributed by atoms with van der Waals surface area (Å²) in [5.74, 6) is 0.939. The van der Waals surface area contributed by atoms with Crippen LogP contribution in [0.25, 0.3) is 0 Å². The van der Waals surface area contributed by atoms with Crippen molar-refractivity contribution in [1.82, 2.24) is 0 Å². The van der Waals surface area contributed by atoms with Gasteiger partial charge < -0.3 is 18.9 Å². The van der Waals surface area contributed by atoms with Crippen LogP contribution in [0.4, 0.5) is 5.69 Å². The van der Waals surface area contributed by atoms with Gasteiger partial charge >= 0.3 is 0 Å². The minimum atomic E-state index is -0.312. The van der Waals surface area contributed by atoms with Crippen molar-refractivity contribution < 1.29 is 18.9 Å². The van der Waals surface area contributed by atoms with Crippen LogP contribution in [0.15, 0.2) is 29.3 Å². The lowest BCUT2D eigenvalue weighted by Gasteiger charge is -2.32. The van der Waals surface area contributed by atoms with Crippen LogP contribution in [-0.4, -0.2) is 37.9 Å². The van der Waals surface area contributed by atoms with Gasteiger partial charge in [0.05, 0.1) is 37.3 Å². The van der Waals surface area contributed by atoms with Crippen molar-refractivity contribution in [2.75, 3.05) is 26.4 Å². The molecule has 0 radical (unpaired) electrons. The summed E-state index contributed by atoms with van der Waals surface area (Å²) in [5, 5.41) is 2.37. The quantitative estimate of drug-likeness (QED) is 0.459. The summed E-state index contributed by atoms with van der Waals surface area (Å²) in [6.45, 7) is 5.26. The Morgan fingerprint density at radius 3 is 2.19 bits per heavy atom. The molecule has 148 valence electrons. The molecule has 0 N–H and O–H groups in total. The Morgan fingerprint density at radius 1 is 0.926 bits per heavy atom. The first-order chi connectivity index (χ1) is 13.3. The summed E-state index contributed by atoms with van der Waals surface area (Å²) in [6.07, 6.45) is 5.18. The molecule has 2 heterocycles. The summed E-state index contributed by atoms with van der Waals surface area (Å²) in [6, 6.07) is 7.68. The van der Waals surface area contributed by atoms with Crippen LogP contribution in [0, 0.1) is 11.8 Å². The highest BCUT2D eigenvalue weighted by Crippen LogP contribution is 2.29. The molecule has 0 atom stereocenters. The minimum Gasteiger partial charge on any atom is -0.352 e. The minimum absolute atomic E-state index is 0.0742. The van der Waals surface area contributed by atoms with Crippen LogP contribution >= 0.6 is 12.2 Å². The largest absolute Gasteiger partial charge is 0.352 e. The average molecular weight is 392 g/mol. The highest BCUT2D eigenvalue weighted by atomic mass is 32.1. The molecule has 0 aliphatic carbocycles. The number of benzene rings is 1. The third-order valence-electron chi connectivity index (χ3n) is 5.12. The molecule has 5 nitrogen and oxygen atoms in total. The number of hydrogen-bond acceptors (Lipinski definition) is 6. The zero-order chi connectivity index (χ0) is 18.9. The fraction of sp³-hybridized carbons (Fsp3) is 0.667. The van der Waals surface area contributed by atoms with Crippen LogP contribution in [-0.2, 0) is 18.9 Å². The second-order valence-electron chi connectivity index (χ2n) is 7.34. The molecule has 6 heteroatoms. The molecule has 2 saturated heterocycles. The topological polar surface area (TPSA) is 49.3 Å². The summed E-state index contributed by atoms with van der Waals surface area (Å²) in [4.78, 5) is 3.95. The Kier molecular flexibility index (Phi) is 8.39. The fourth-order valence-electron chi connectivity index (χ4n) is 3.44. The Bertz CT molecular complexity index is 601. The highest BCUT2D eigenvalue weighted by Gasteiger charge is 2.26. The van der Waals surface area contributed by atoms with Gasteiger partial charge in [-0.05, 0) is 43.6 Å². The Balaban J connectivity index is 1.34. The molecule has 27 heavy (non-hydrogen) atoms. The third kappa shape index (κ3) is 6.46. The summed E-state index contributed by atoms with van der Waals surface area (Å²) < 4.78 is 23.6. The predicted molar refractivity (Wildman–Crippen MR) is 107 cm³/mol. The molecule has 2 fully saturated rings. The SMILES string of the molecule is CCCCC1COC(CCC2COC(c3ccc(N=C=S)cc3)OC2)OC1. The Morgan fingerprint density at radius 2 is 1.56 bits per heavy atom. The Hall–Kier alpha value is -1.14. The Labute approximate surface area is 167 Å². The zero-order valence-corrected chi connectivity index (χ0v) is 16.8. The molecular weight excluding hydrogens is 362 g/mol. The molecule has 0 saturated carbocycles. The van der Waals surface area contributed by atoms with Crippen molar-refractivity contribution in [3.05, 3.63) is 29.8 Å². The first kappa shape index (κ1) is 20.6. The smallest absolute Gasteiger partial charge is 0.183 e. The summed E-state index contributed by atoms with van der Waals surface area (Å²) >= 11 is 4.62. The van der Waals surface area contributed by atoms with E-state index >= 15 is 0 Å². The van der Waals surface area contributed by atoms with Crippen molar-refractivity contribution in [2.24, 2.45) is 16.8 Å². The van der Waals surface area contributed by atoms with Crippen molar-refractivity contribution in [1.29, 1.82) is 0 Å². The van der Waals surface area contributed by atoms with E-state index in [0.717, 1.165) is 37.3 Å². The van der Waals surface area contributed by atoms with E-state index < -0.39 is 0 Å². The molecule has 1 aromatic carbocycles. The van der Waals surface area contributed by atoms with Gasteiger partial charge in [0.1, 0.15) is 0 Å². The van der Waals surface area contributed by atoms with Crippen molar-refractivity contribution in [2.45, 2.75) is 51.6 Å². The standard InChI is InChI=1S/C21H29NO4S/c1-2-3-4-16-11-23-20(24-12-16)10-5-17-13-25-21(26-14-17)18-6-8-19(9-7-18)22-15-27/h6-9,16-17,20-21H,2-5,10-14H2,1H3. The molecule has 2 aliphatic heterocycles. The van der Waals surface area contributed by atoms with E-state index in [2.05, 4.69) is 29.3 Å². The fourth-order valence-corrected chi connectivity index (χ4v) is 3.55. The van der Waals surface area contributed by atoms with E-state index in [1.807, 2.05) is 24.3 Å². The zero-order valence-electron chi connectivity index (χ0n) is 16.0. The number of nitrogens with zero attached hydrogens (tertiary/aromatic N) is 1. The number of aliphatic imine (C=N–C) groups is 1. The number of ether oxygens (including phenoxy) is 4. The van der Waals surface area contributed by atoms with Gasteiger partial charge in [0, 0.05) is 17.4 Å². The number of unbranched alkanes of at least 4 members (excludes halogenated alkanes) is 1. The van der Waals surface area contributed by atoms with Gasteiger partial charge in [-0.3, -0.25) is 0 Å². The van der Waals surface area contributed by atoms with Gasteiger partial charge in [-0.1, -0.05) is 31.9 Å². The molecule has 0 bridgehead atoms. The molecular formula is C21H29NO4S. The normalized spacial score (nSPS) is 28.5. The van der Waals surface area contributed by atoms with Crippen LogP contribution in [0.3, 0.4) is 0 Å². The maximum atomic E-state index is 5.91. The van der Waals surface area contributed by atoms with E-state index in [1.54, 1.807) is 0 Å². The molecule has 1 aromatic rings. The van der Waals surface area contributed by atoms with E-state index in [4.69, 9.17) is 18.9 Å². The van der Waals surface area contributed by atoms with E-state index in [1.165, 1.54) is 19.3 Å². The second kappa shape index (κ2) is 11.0. The lowest BCUT2D eigenvalue weighted by atomic mass is 10.0. The first-order valence-corrected chi connectivity index (χ1v) is 10.3. The first-order valence-electron chi connectivity index (χ1n) is 9.92. The second-order valence-corrected chi connectivity index (χ2v) is 7.52. The highest BCUT2D eigenvalue weighted by molar-refractivity contribution is 7.78.